The van der Waals surface area contributed by atoms with E-state index in [9.17, 15) is 9.50 Å². The van der Waals surface area contributed by atoms with Gasteiger partial charge in [0.1, 0.15) is 12.4 Å². The summed E-state index contributed by atoms with van der Waals surface area (Å²) in [5.41, 5.74) is 2.17. The second-order valence-electron chi connectivity index (χ2n) is 5.90. The molecular weight excluding hydrogens is 321 g/mol. The highest BCUT2D eigenvalue weighted by Gasteiger charge is 2.12. The lowest BCUT2D eigenvalue weighted by atomic mass is 10.1. The minimum atomic E-state index is -0.904. The van der Waals surface area contributed by atoms with E-state index in [0.29, 0.717) is 24.7 Å². The molecule has 2 N–H and O–H groups in total. The second-order valence-corrected chi connectivity index (χ2v) is 5.90. The van der Waals surface area contributed by atoms with Crippen LogP contribution in [0.25, 0.3) is 0 Å². The van der Waals surface area contributed by atoms with Gasteiger partial charge in [-0.05, 0) is 36.3 Å². The standard InChI is InChI=1S/C20H24FNO3/c1-14(2)13-25-20-10-15(8-9-19(20)24-3)11-22-12-18(23)16-6-4-5-7-17(16)21/h4-10,18,22-23H,1,11-13H2,2-3H3. The largest absolute Gasteiger partial charge is 0.493 e. The minimum absolute atomic E-state index is 0.245. The van der Waals surface area contributed by atoms with E-state index >= 15 is 0 Å². The van der Waals surface area contributed by atoms with Gasteiger partial charge in [-0.25, -0.2) is 4.39 Å². The third-order valence-corrected chi connectivity index (χ3v) is 3.63. The van der Waals surface area contributed by atoms with Gasteiger partial charge in [-0.2, -0.15) is 0 Å². The van der Waals surface area contributed by atoms with Crippen molar-refractivity contribution in [1.29, 1.82) is 0 Å². The Morgan fingerprint density at radius 3 is 2.68 bits per heavy atom. The van der Waals surface area contributed by atoms with Gasteiger partial charge in [0, 0.05) is 18.7 Å². The van der Waals surface area contributed by atoms with E-state index in [2.05, 4.69) is 11.9 Å². The Morgan fingerprint density at radius 2 is 2.00 bits per heavy atom. The summed E-state index contributed by atoms with van der Waals surface area (Å²) in [4.78, 5) is 0. The van der Waals surface area contributed by atoms with E-state index in [0.717, 1.165) is 11.1 Å². The molecular formula is C20H24FNO3. The molecule has 4 nitrogen and oxygen atoms in total. The number of aliphatic hydroxyl groups is 1. The number of methoxy groups -OCH3 is 1. The highest BCUT2D eigenvalue weighted by molar-refractivity contribution is 5.43. The monoisotopic (exact) mass is 345 g/mol. The first-order valence-electron chi connectivity index (χ1n) is 8.08. The third-order valence-electron chi connectivity index (χ3n) is 3.63. The van der Waals surface area contributed by atoms with Gasteiger partial charge < -0.3 is 19.9 Å². The van der Waals surface area contributed by atoms with Crippen LogP contribution >= 0.6 is 0 Å². The van der Waals surface area contributed by atoms with Crippen molar-refractivity contribution in [2.75, 3.05) is 20.3 Å². The predicted molar refractivity (Wildman–Crippen MR) is 96.4 cm³/mol. The van der Waals surface area contributed by atoms with Crippen LogP contribution in [0.1, 0.15) is 24.2 Å². The Balaban J connectivity index is 1.95. The van der Waals surface area contributed by atoms with E-state index in [4.69, 9.17) is 9.47 Å². The molecule has 1 atom stereocenters. The van der Waals surface area contributed by atoms with Gasteiger partial charge in [0.15, 0.2) is 11.5 Å². The molecule has 0 spiro atoms. The molecule has 0 amide bonds. The molecule has 0 heterocycles. The fourth-order valence-corrected chi connectivity index (χ4v) is 2.35. The van der Waals surface area contributed by atoms with Crippen molar-refractivity contribution in [2.45, 2.75) is 19.6 Å². The van der Waals surface area contributed by atoms with Crippen molar-refractivity contribution in [2.24, 2.45) is 0 Å². The molecule has 2 rings (SSSR count). The summed E-state index contributed by atoms with van der Waals surface area (Å²) in [7, 11) is 1.59. The Bertz CT molecular complexity index is 718. The molecule has 2 aromatic carbocycles. The lowest BCUT2D eigenvalue weighted by Crippen LogP contribution is -2.21. The highest BCUT2D eigenvalue weighted by Crippen LogP contribution is 2.28. The normalized spacial score (nSPS) is 11.8. The summed E-state index contributed by atoms with van der Waals surface area (Å²) in [6, 6.07) is 11.8. The molecule has 0 saturated carbocycles. The van der Waals surface area contributed by atoms with Crippen LogP contribution < -0.4 is 14.8 Å². The summed E-state index contributed by atoms with van der Waals surface area (Å²) < 4.78 is 24.6. The average molecular weight is 345 g/mol. The molecule has 1 unspecified atom stereocenters. The maximum absolute atomic E-state index is 13.7. The topological polar surface area (TPSA) is 50.7 Å². The first-order chi connectivity index (χ1) is 12.0. The zero-order valence-corrected chi connectivity index (χ0v) is 14.6. The molecule has 0 saturated heterocycles. The first-order valence-corrected chi connectivity index (χ1v) is 8.08. The molecule has 25 heavy (non-hydrogen) atoms. The van der Waals surface area contributed by atoms with Crippen LogP contribution in [-0.4, -0.2) is 25.4 Å². The number of ether oxygens (including phenoxy) is 2. The van der Waals surface area contributed by atoms with Crippen LogP contribution in [0, 0.1) is 5.82 Å². The predicted octanol–water partition coefficient (Wildman–Crippen LogP) is 3.61. The molecule has 0 aliphatic carbocycles. The fraction of sp³-hybridized carbons (Fsp3) is 0.300. The van der Waals surface area contributed by atoms with Crippen LogP contribution in [0.2, 0.25) is 0 Å². The summed E-state index contributed by atoms with van der Waals surface area (Å²) in [6.45, 7) is 6.88. The summed E-state index contributed by atoms with van der Waals surface area (Å²) >= 11 is 0. The van der Waals surface area contributed by atoms with Gasteiger partial charge in [-0.1, -0.05) is 30.8 Å². The van der Waals surface area contributed by atoms with Crippen LogP contribution in [0.3, 0.4) is 0 Å². The van der Waals surface area contributed by atoms with E-state index in [-0.39, 0.29) is 12.1 Å². The molecule has 0 aliphatic rings. The molecule has 0 aromatic heterocycles. The Kier molecular flexibility index (Phi) is 6.98. The number of rotatable bonds is 9. The molecule has 0 aliphatic heterocycles. The lowest BCUT2D eigenvalue weighted by molar-refractivity contribution is 0.169. The van der Waals surface area contributed by atoms with Gasteiger partial charge in [-0.3, -0.25) is 0 Å². The van der Waals surface area contributed by atoms with Crippen LogP contribution in [0.15, 0.2) is 54.6 Å². The number of aliphatic hydroxyl groups excluding tert-OH is 1. The van der Waals surface area contributed by atoms with Gasteiger partial charge in [0.2, 0.25) is 0 Å². The van der Waals surface area contributed by atoms with Crippen molar-refractivity contribution in [1.82, 2.24) is 5.32 Å². The van der Waals surface area contributed by atoms with Crippen LogP contribution in [0.4, 0.5) is 4.39 Å². The molecule has 5 heteroatoms. The Labute approximate surface area is 147 Å². The number of nitrogens with one attached hydrogen (secondary N) is 1. The molecule has 134 valence electrons. The number of benzene rings is 2. The zero-order chi connectivity index (χ0) is 18.2. The van der Waals surface area contributed by atoms with E-state index in [1.807, 2.05) is 25.1 Å². The fourth-order valence-electron chi connectivity index (χ4n) is 2.35. The highest BCUT2D eigenvalue weighted by atomic mass is 19.1. The summed E-state index contributed by atoms with van der Waals surface area (Å²) in [5, 5.41) is 13.2. The lowest BCUT2D eigenvalue weighted by Gasteiger charge is -2.15. The van der Waals surface area contributed by atoms with E-state index < -0.39 is 11.9 Å². The van der Waals surface area contributed by atoms with Crippen molar-refractivity contribution in [3.8, 4) is 11.5 Å². The minimum Gasteiger partial charge on any atom is -0.493 e. The third kappa shape index (κ3) is 5.59. The van der Waals surface area contributed by atoms with Gasteiger partial charge >= 0.3 is 0 Å². The first kappa shape index (κ1) is 19.0. The van der Waals surface area contributed by atoms with E-state index in [1.165, 1.54) is 6.07 Å². The Hall–Kier alpha value is -2.37. The number of hydrogen-bond donors (Lipinski definition) is 2. The van der Waals surface area contributed by atoms with Crippen LogP contribution in [-0.2, 0) is 6.54 Å². The maximum atomic E-state index is 13.7. The molecule has 0 bridgehead atoms. The van der Waals surface area contributed by atoms with Gasteiger partial charge in [-0.15, -0.1) is 0 Å². The van der Waals surface area contributed by atoms with Gasteiger partial charge in [0.05, 0.1) is 13.2 Å². The SMILES string of the molecule is C=C(C)COc1cc(CNCC(O)c2ccccc2F)ccc1OC. The van der Waals surface area contributed by atoms with Crippen molar-refractivity contribution >= 4 is 0 Å². The summed E-state index contributed by atoms with van der Waals surface area (Å²) in [6.07, 6.45) is -0.904. The maximum Gasteiger partial charge on any atom is 0.161 e. The van der Waals surface area contributed by atoms with Crippen molar-refractivity contribution in [3.63, 3.8) is 0 Å². The second kappa shape index (κ2) is 9.20. The Morgan fingerprint density at radius 1 is 1.24 bits per heavy atom. The number of hydrogen-bond acceptors (Lipinski definition) is 4. The molecule has 0 radical (unpaired) electrons. The molecule has 2 aromatic rings. The van der Waals surface area contributed by atoms with Crippen LogP contribution in [0.5, 0.6) is 11.5 Å². The van der Waals surface area contributed by atoms with Crippen molar-refractivity contribution in [3.05, 3.63) is 71.6 Å². The number of halogens is 1. The average Bonchev–Trinajstić information content (AvgIpc) is 2.60. The smallest absolute Gasteiger partial charge is 0.161 e. The quantitative estimate of drug-likeness (QED) is 0.682. The molecule has 0 fully saturated rings. The van der Waals surface area contributed by atoms with Crippen molar-refractivity contribution < 1.29 is 19.0 Å². The zero-order valence-electron chi connectivity index (χ0n) is 14.6. The van der Waals surface area contributed by atoms with E-state index in [1.54, 1.807) is 25.3 Å². The van der Waals surface area contributed by atoms with Gasteiger partial charge in [0.25, 0.3) is 0 Å². The summed E-state index contributed by atoms with van der Waals surface area (Å²) in [5.74, 6) is 0.882.